The summed E-state index contributed by atoms with van der Waals surface area (Å²) in [6.45, 7) is 0.535. The van der Waals surface area contributed by atoms with Gasteiger partial charge in [0.25, 0.3) is 0 Å². The Morgan fingerprint density at radius 2 is 1.83 bits per heavy atom. The van der Waals surface area contributed by atoms with E-state index in [4.69, 9.17) is 27.9 Å². The number of carbonyl (C=O) groups is 1. The lowest BCUT2D eigenvalue weighted by molar-refractivity contribution is 0.252. The molecule has 2 aromatic rings. The standard InChI is InChI=1S/C17H18Cl2N2O2S/c1-23-16-8-3-2-7-15(16)21-17(22)20-9-10-24-11-12-13(18)5-4-6-14(12)19/h2-8H,9-11H2,1H3,(H2,20,21,22). The lowest BCUT2D eigenvalue weighted by Gasteiger charge is -2.11. The molecule has 0 radical (unpaired) electrons. The number of hydrogen-bond acceptors (Lipinski definition) is 3. The fourth-order valence-electron chi connectivity index (χ4n) is 2.00. The van der Waals surface area contributed by atoms with Crippen LogP contribution >= 0.6 is 35.0 Å². The summed E-state index contributed by atoms with van der Waals surface area (Å²) >= 11 is 13.9. The van der Waals surface area contributed by atoms with Crippen LogP contribution in [0.4, 0.5) is 10.5 Å². The first kappa shape index (κ1) is 18.8. The van der Waals surface area contributed by atoms with E-state index >= 15 is 0 Å². The van der Waals surface area contributed by atoms with E-state index in [9.17, 15) is 4.79 Å². The predicted octanol–water partition coefficient (Wildman–Crippen LogP) is 5.06. The van der Waals surface area contributed by atoms with E-state index in [2.05, 4.69) is 10.6 Å². The van der Waals surface area contributed by atoms with E-state index in [-0.39, 0.29) is 6.03 Å². The van der Waals surface area contributed by atoms with Gasteiger partial charge in [0.1, 0.15) is 5.75 Å². The molecule has 2 rings (SSSR count). The molecule has 0 saturated carbocycles. The minimum atomic E-state index is -0.268. The maximum atomic E-state index is 11.9. The largest absolute Gasteiger partial charge is 0.495 e. The molecule has 24 heavy (non-hydrogen) atoms. The number of nitrogens with one attached hydrogen (secondary N) is 2. The van der Waals surface area contributed by atoms with Gasteiger partial charge < -0.3 is 15.4 Å². The molecule has 0 aliphatic rings. The fourth-order valence-corrected chi connectivity index (χ4v) is 3.59. The van der Waals surface area contributed by atoms with Crippen LogP contribution in [0.15, 0.2) is 42.5 Å². The summed E-state index contributed by atoms with van der Waals surface area (Å²) in [6.07, 6.45) is 0. The number of hydrogen-bond donors (Lipinski definition) is 2. The van der Waals surface area contributed by atoms with E-state index in [1.807, 2.05) is 30.3 Å². The third kappa shape index (κ3) is 5.51. The van der Waals surface area contributed by atoms with Crippen molar-refractivity contribution in [2.45, 2.75) is 5.75 Å². The molecule has 0 aliphatic carbocycles. The number of benzene rings is 2. The summed E-state index contributed by atoms with van der Waals surface area (Å²) in [5.74, 6) is 2.07. The van der Waals surface area contributed by atoms with Crippen molar-refractivity contribution in [2.75, 3.05) is 24.7 Å². The van der Waals surface area contributed by atoms with Crippen molar-refractivity contribution in [1.82, 2.24) is 5.32 Å². The lowest BCUT2D eigenvalue weighted by Crippen LogP contribution is -2.30. The van der Waals surface area contributed by atoms with Crippen LogP contribution in [0.2, 0.25) is 10.0 Å². The number of urea groups is 1. The summed E-state index contributed by atoms with van der Waals surface area (Å²) in [6, 6.07) is 12.5. The van der Waals surface area contributed by atoms with Crippen LogP contribution in [-0.2, 0) is 5.75 Å². The van der Waals surface area contributed by atoms with E-state index < -0.39 is 0 Å². The zero-order valence-corrected chi connectivity index (χ0v) is 15.5. The number of rotatable bonds is 7. The molecule has 128 valence electrons. The van der Waals surface area contributed by atoms with Crippen LogP contribution in [0.3, 0.4) is 0 Å². The Morgan fingerprint density at radius 1 is 1.12 bits per heavy atom. The predicted molar refractivity (Wildman–Crippen MR) is 103 cm³/mol. The molecule has 0 aromatic heterocycles. The van der Waals surface area contributed by atoms with Gasteiger partial charge in [-0.3, -0.25) is 0 Å². The smallest absolute Gasteiger partial charge is 0.319 e. The quantitative estimate of drug-likeness (QED) is 0.656. The molecule has 2 amide bonds. The molecule has 0 bridgehead atoms. The second-order valence-corrected chi connectivity index (χ2v) is 6.75. The highest BCUT2D eigenvalue weighted by Crippen LogP contribution is 2.28. The molecule has 0 fully saturated rings. The Hall–Kier alpha value is -1.56. The van der Waals surface area contributed by atoms with Crippen molar-refractivity contribution in [2.24, 2.45) is 0 Å². The first-order chi connectivity index (χ1) is 11.6. The number of thioether (sulfide) groups is 1. The van der Waals surface area contributed by atoms with E-state index in [1.165, 1.54) is 0 Å². The van der Waals surface area contributed by atoms with Gasteiger partial charge in [-0.2, -0.15) is 11.8 Å². The van der Waals surface area contributed by atoms with Gasteiger partial charge in [0.15, 0.2) is 0 Å². The summed E-state index contributed by atoms with van der Waals surface area (Å²) in [7, 11) is 1.56. The minimum Gasteiger partial charge on any atom is -0.495 e. The van der Waals surface area contributed by atoms with Crippen molar-refractivity contribution in [3.8, 4) is 5.75 Å². The second kappa shape index (κ2) is 9.67. The molecule has 2 aromatic carbocycles. The van der Waals surface area contributed by atoms with Gasteiger partial charge in [0.05, 0.1) is 12.8 Å². The first-order valence-corrected chi connectivity index (χ1v) is 9.21. The van der Waals surface area contributed by atoms with Crippen molar-refractivity contribution < 1.29 is 9.53 Å². The third-order valence-electron chi connectivity index (χ3n) is 3.20. The Balaban J connectivity index is 1.71. The van der Waals surface area contributed by atoms with Gasteiger partial charge in [-0.05, 0) is 29.8 Å². The van der Waals surface area contributed by atoms with Gasteiger partial charge in [0, 0.05) is 28.1 Å². The highest BCUT2D eigenvalue weighted by atomic mass is 35.5. The number of carbonyl (C=O) groups excluding carboxylic acids is 1. The summed E-state index contributed by atoms with van der Waals surface area (Å²) in [4.78, 5) is 11.9. The average Bonchev–Trinajstić information content (AvgIpc) is 2.57. The number of ether oxygens (including phenoxy) is 1. The van der Waals surface area contributed by atoms with Crippen LogP contribution in [0.1, 0.15) is 5.56 Å². The van der Waals surface area contributed by atoms with Crippen LogP contribution < -0.4 is 15.4 Å². The maximum absolute atomic E-state index is 11.9. The molecule has 2 N–H and O–H groups in total. The molecule has 0 heterocycles. The number of para-hydroxylation sites is 2. The maximum Gasteiger partial charge on any atom is 0.319 e. The summed E-state index contributed by atoms with van der Waals surface area (Å²) in [5.41, 5.74) is 1.55. The van der Waals surface area contributed by atoms with Crippen LogP contribution in [0.5, 0.6) is 5.75 Å². The van der Waals surface area contributed by atoms with Crippen molar-refractivity contribution in [3.05, 3.63) is 58.1 Å². The molecule has 0 aliphatic heterocycles. The highest BCUT2D eigenvalue weighted by Gasteiger charge is 2.07. The highest BCUT2D eigenvalue weighted by molar-refractivity contribution is 7.98. The monoisotopic (exact) mass is 384 g/mol. The molecular weight excluding hydrogens is 367 g/mol. The number of anilines is 1. The average molecular weight is 385 g/mol. The van der Waals surface area contributed by atoms with E-state index in [1.54, 1.807) is 31.0 Å². The third-order valence-corrected chi connectivity index (χ3v) is 4.89. The summed E-state index contributed by atoms with van der Waals surface area (Å²) in [5, 5.41) is 6.89. The SMILES string of the molecule is COc1ccccc1NC(=O)NCCSCc1c(Cl)cccc1Cl. The normalized spacial score (nSPS) is 10.3. The van der Waals surface area contributed by atoms with Gasteiger partial charge in [-0.25, -0.2) is 4.79 Å². The second-order valence-electron chi connectivity index (χ2n) is 4.83. The van der Waals surface area contributed by atoms with Crippen LogP contribution in [0, 0.1) is 0 Å². The summed E-state index contributed by atoms with van der Waals surface area (Å²) < 4.78 is 5.19. The number of methoxy groups -OCH3 is 1. The van der Waals surface area contributed by atoms with E-state index in [0.717, 1.165) is 11.3 Å². The molecule has 0 atom stereocenters. The molecular formula is C17H18Cl2N2O2S. The van der Waals surface area contributed by atoms with E-state index in [0.29, 0.717) is 33.8 Å². The zero-order chi connectivity index (χ0) is 17.4. The van der Waals surface area contributed by atoms with Gasteiger partial charge in [-0.1, -0.05) is 41.4 Å². The Bertz CT molecular complexity index is 678. The Labute approximate surface area is 155 Å². The minimum absolute atomic E-state index is 0.268. The number of halogens is 2. The van der Waals surface area contributed by atoms with Crippen molar-refractivity contribution >= 4 is 46.7 Å². The molecule has 7 heteroatoms. The molecule has 4 nitrogen and oxygen atoms in total. The molecule has 0 saturated heterocycles. The van der Waals surface area contributed by atoms with Crippen molar-refractivity contribution in [3.63, 3.8) is 0 Å². The van der Waals surface area contributed by atoms with Crippen LogP contribution in [-0.4, -0.2) is 25.4 Å². The number of amides is 2. The van der Waals surface area contributed by atoms with Gasteiger partial charge in [-0.15, -0.1) is 0 Å². The zero-order valence-electron chi connectivity index (χ0n) is 13.1. The van der Waals surface area contributed by atoms with Gasteiger partial charge >= 0.3 is 6.03 Å². The fraction of sp³-hybridized carbons (Fsp3) is 0.235. The van der Waals surface area contributed by atoms with Crippen LogP contribution in [0.25, 0.3) is 0 Å². The topological polar surface area (TPSA) is 50.4 Å². The Morgan fingerprint density at radius 3 is 2.54 bits per heavy atom. The Kier molecular flexibility index (Phi) is 7.56. The lowest BCUT2D eigenvalue weighted by atomic mass is 10.2. The van der Waals surface area contributed by atoms with Gasteiger partial charge in [0.2, 0.25) is 0 Å². The molecule has 0 spiro atoms. The van der Waals surface area contributed by atoms with Crippen molar-refractivity contribution in [1.29, 1.82) is 0 Å². The first-order valence-electron chi connectivity index (χ1n) is 7.30. The molecule has 0 unspecified atom stereocenters.